The molecular formula is C11H16O8. The van der Waals surface area contributed by atoms with E-state index in [0.29, 0.717) is 0 Å². The molecule has 0 aromatic rings. The highest BCUT2D eigenvalue weighted by molar-refractivity contribution is 5.68. The number of carbonyl (C=O) groups excluding carboxylic acids is 3. The van der Waals surface area contributed by atoms with Crippen LogP contribution in [0.3, 0.4) is 0 Å². The highest BCUT2D eigenvalue weighted by atomic mass is 16.7. The largest absolute Gasteiger partial charge is 0.455 e. The smallest absolute Gasteiger partial charge is 0.305 e. The first kappa shape index (κ1) is 15.4. The number of aliphatic hydroxyl groups excluding tert-OH is 1. The number of rotatable bonds is 4. The van der Waals surface area contributed by atoms with Gasteiger partial charge >= 0.3 is 17.9 Å². The van der Waals surface area contributed by atoms with Gasteiger partial charge in [0.2, 0.25) is 12.4 Å². The summed E-state index contributed by atoms with van der Waals surface area (Å²) in [6, 6.07) is 0. The fourth-order valence-corrected chi connectivity index (χ4v) is 1.75. The van der Waals surface area contributed by atoms with Crippen molar-refractivity contribution in [1.82, 2.24) is 0 Å². The van der Waals surface area contributed by atoms with Crippen LogP contribution in [0.2, 0.25) is 0 Å². The van der Waals surface area contributed by atoms with Crippen LogP contribution < -0.4 is 0 Å². The van der Waals surface area contributed by atoms with E-state index in [4.69, 9.17) is 24.1 Å². The molecule has 0 unspecified atom stereocenters. The molecule has 1 heterocycles. The van der Waals surface area contributed by atoms with Crippen molar-refractivity contribution in [1.29, 1.82) is 0 Å². The summed E-state index contributed by atoms with van der Waals surface area (Å²) in [6.07, 6.45) is -4.29. The van der Waals surface area contributed by atoms with Crippen molar-refractivity contribution >= 4 is 17.9 Å². The van der Waals surface area contributed by atoms with Crippen molar-refractivity contribution in [2.24, 2.45) is 0 Å². The second-order valence-electron chi connectivity index (χ2n) is 3.98. The van der Waals surface area contributed by atoms with Gasteiger partial charge in [0.1, 0.15) is 6.10 Å². The summed E-state index contributed by atoms with van der Waals surface area (Å²) in [4.78, 5) is 33.0. The molecule has 0 bridgehead atoms. The van der Waals surface area contributed by atoms with Crippen molar-refractivity contribution in [3.63, 3.8) is 0 Å². The van der Waals surface area contributed by atoms with Gasteiger partial charge in [-0.15, -0.1) is 0 Å². The zero-order valence-electron chi connectivity index (χ0n) is 10.8. The predicted octanol–water partition coefficient (Wildman–Crippen LogP) is -0.870. The van der Waals surface area contributed by atoms with E-state index >= 15 is 0 Å². The SMILES string of the molecule is CC(=O)O[C@@H]1O[C@H](CO)[C@@H](OC(C)=O)[C@H]1OC(C)=O. The van der Waals surface area contributed by atoms with Crippen LogP contribution in [0.25, 0.3) is 0 Å². The van der Waals surface area contributed by atoms with Gasteiger partial charge in [-0.25, -0.2) is 0 Å². The summed E-state index contributed by atoms with van der Waals surface area (Å²) in [7, 11) is 0. The van der Waals surface area contributed by atoms with Crippen molar-refractivity contribution in [2.45, 2.75) is 45.4 Å². The van der Waals surface area contributed by atoms with Crippen molar-refractivity contribution in [3.8, 4) is 0 Å². The fourth-order valence-electron chi connectivity index (χ4n) is 1.75. The molecule has 1 aliphatic heterocycles. The molecule has 0 spiro atoms. The molecular weight excluding hydrogens is 260 g/mol. The highest BCUT2D eigenvalue weighted by Crippen LogP contribution is 2.27. The number of aliphatic hydroxyl groups is 1. The molecule has 4 atom stereocenters. The van der Waals surface area contributed by atoms with Crippen molar-refractivity contribution < 1.29 is 38.4 Å². The van der Waals surface area contributed by atoms with Crippen LogP contribution in [-0.2, 0) is 33.3 Å². The predicted molar refractivity (Wildman–Crippen MR) is 58.6 cm³/mol. The molecule has 0 aliphatic carbocycles. The molecule has 19 heavy (non-hydrogen) atoms. The summed E-state index contributed by atoms with van der Waals surface area (Å²) in [5.41, 5.74) is 0. The van der Waals surface area contributed by atoms with E-state index in [0.717, 1.165) is 13.8 Å². The van der Waals surface area contributed by atoms with E-state index in [1.807, 2.05) is 0 Å². The molecule has 0 radical (unpaired) electrons. The number of esters is 3. The van der Waals surface area contributed by atoms with Crippen molar-refractivity contribution in [2.75, 3.05) is 6.61 Å². The lowest BCUT2D eigenvalue weighted by Gasteiger charge is -2.22. The van der Waals surface area contributed by atoms with E-state index < -0.39 is 49.1 Å². The Morgan fingerprint density at radius 2 is 1.42 bits per heavy atom. The molecule has 8 heteroatoms. The average molecular weight is 276 g/mol. The Labute approximate surface area is 109 Å². The van der Waals surface area contributed by atoms with Gasteiger partial charge < -0.3 is 24.1 Å². The Kier molecular flexibility index (Phi) is 5.25. The molecule has 1 saturated heterocycles. The minimum absolute atomic E-state index is 0.479. The zero-order valence-corrected chi connectivity index (χ0v) is 10.8. The van der Waals surface area contributed by atoms with E-state index in [9.17, 15) is 14.4 Å². The van der Waals surface area contributed by atoms with Gasteiger partial charge in [-0.1, -0.05) is 0 Å². The van der Waals surface area contributed by atoms with Gasteiger partial charge in [0.25, 0.3) is 0 Å². The average Bonchev–Trinajstić information content (AvgIpc) is 2.55. The Morgan fingerprint density at radius 3 is 1.84 bits per heavy atom. The second-order valence-corrected chi connectivity index (χ2v) is 3.98. The number of carbonyl (C=O) groups is 3. The quantitative estimate of drug-likeness (QED) is 0.521. The Balaban J connectivity index is 2.90. The maximum absolute atomic E-state index is 11.0. The van der Waals surface area contributed by atoms with Crippen LogP contribution in [0.4, 0.5) is 0 Å². The molecule has 8 nitrogen and oxygen atoms in total. The molecule has 1 rings (SSSR count). The fraction of sp³-hybridized carbons (Fsp3) is 0.727. The van der Waals surface area contributed by atoms with Gasteiger partial charge in [-0.05, 0) is 0 Å². The maximum Gasteiger partial charge on any atom is 0.305 e. The lowest BCUT2D eigenvalue weighted by atomic mass is 10.1. The second kappa shape index (κ2) is 6.48. The number of ether oxygens (including phenoxy) is 4. The first-order valence-electron chi connectivity index (χ1n) is 5.63. The van der Waals surface area contributed by atoms with Crippen LogP contribution in [-0.4, -0.2) is 54.2 Å². The highest BCUT2D eigenvalue weighted by Gasteiger charge is 2.50. The molecule has 0 saturated carbocycles. The molecule has 0 amide bonds. The van der Waals surface area contributed by atoms with Gasteiger partial charge in [-0.2, -0.15) is 0 Å². The number of hydrogen-bond acceptors (Lipinski definition) is 8. The summed E-state index contributed by atoms with van der Waals surface area (Å²) in [5.74, 6) is -1.93. The lowest BCUT2D eigenvalue weighted by molar-refractivity contribution is -0.196. The molecule has 1 N–H and O–H groups in total. The number of hydrogen-bond donors (Lipinski definition) is 1. The summed E-state index contributed by atoms with van der Waals surface area (Å²) in [6.45, 7) is 3.00. The molecule has 0 aromatic carbocycles. The van der Waals surface area contributed by atoms with Crippen LogP contribution in [0.15, 0.2) is 0 Å². The Morgan fingerprint density at radius 1 is 0.947 bits per heavy atom. The van der Waals surface area contributed by atoms with Crippen LogP contribution in [0.5, 0.6) is 0 Å². The topological polar surface area (TPSA) is 108 Å². The van der Waals surface area contributed by atoms with Crippen LogP contribution in [0.1, 0.15) is 20.8 Å². The Bertz CT molecular complexity index is 366. The third-order valence-electron chi connectivity index (χ3n) is 2.33. The van der Waals surface area contributed by atoms with Gasteiger partial charge in [0.05, 0.1) is 6.61 Å². The maximum atomic E-state index is 11.0. The minimum atomic E-state index is -1.22. The Hall–Kier alpha value is -1.67. The third kappa shape index (κ3) is 4.18. The third-order valence-corrected chi connectivity index (χ3v) is 2.33. The standard InChI is InChI=1S/C11H16O8/c1-5(13)16-9-8(4-12)19-11(18-7(3)15)10(9)17-6(2)14/h8-12H,4H2,1-3H3/t8-,9-,10-,11-/m1/s1. The lowest BCUT2D eigenvalue weighted by Crippen LogP contribution is -2.41. The summed E-state index contributed by atoms with van der Waals surface area (Å²) >= 11 is 0. The molecule has 1 aliphatic rings. The van der Waals surface area contributed by atoms with E-state index in [1.54, 1.807) is 0 Å². The molecule has 1 fully saturated rings. The summed E-state index contributed by atoms with van der Waals surface area (Å²) in [5, 5.41) is 9.16. The van der Waals surface area contributed by atoms with Gasteiger partial charge in [0, 0.05) is 20.8 Å². The molecule has 108 valence electrons. The summed E-state index contributed by atoms with van der Waals surface area (Å²) < 4.78 is 19.9. The first-order valence-corrected chi connectivity index (χ1v) is 5.63. The van der Waals surface area contributed by atoms with Crippen molar-refractivity contribution in [3.05, 3.63) is 0 Å². The minimum Gasteiger partial charge on any atom is -0.455 e. The van der Waals surface area contributed by atoms with E-state index in [1.165, 1.54) is 6.92 Å². The normalized spacial score (nSPS) is 29.7. The van der Waals surface area contributed by atoms with Gasteiger partial charge in [-0.3, -0.25) is 14.4 Å². The first-order chi connectivity index (χ1) is 8.85. The van der Waals surface area contributed by atoms with Crippen LogP contribution in [0, 0.1) is 0 Å². The zero-order chi connectivity index (χ0) is 14.6. The van der Waals surface area contributed by atoms with E-state index in [2.05, 4.69) is 0 Å². The van der Waals surface area contributed by atoms with Gasteiger partial charge in [0.15, 0.2) is 6.10 Å². The van der Waals surface area contributed by atoms with Crippen LogP contribution >= 0.6 is 0 Å². The molecule has 0 aromatic heterocycles. The monoisotopic (exact) mass is 276 g/mol. The van der Waals surface area contributed by atoms with E-state index in [-0.39, 0.29) is 0 Å².